The molecule has 2 aliphatic rings. The van der Waals surface area contributed by atoms with Crippen molar-refractivity contribution in [3.8, 4) is 0 Å². The molecule has 0 radical (unpaired) electrons. The molecule has 1 aliphatic carbocycles. The van der Waals surface area contributed by atoms with E-state index in [2.05, 4.69) is 49.9 Å². The Morgan fingerprint density at radius 1 is 1.03 bits per heavy atom. The highest BCUT2D eigenvalue weighted by molar-refractivity contribution is 8.18. The molecule has 2 N–H and O–H groups in total. The van der Waals surface area contributed by atoms with Crippen LogP contribution in [0.15, 0.2) is 53.7 Å². The van der Waals surface area contributed by atoms with Crippen molar-refractivity contribution >= 4 is 39.9 Å². The molecule has 1 saturated heterocycles. The fourth-order valence-electron chi connectivity index (χ4n) is 4.55. The topological polar surface area (TPSA) is 96.9 Å². The fourth-order valence-corrected chi connectivity index (χ4v) is 5.22. The third-order valence-corrected chi connectivity index (χ3v) is 7.09. The lowest BCUT2D eigenvalue weighted by Crippen LogP contribution is -2.33. The van der Waals surface area contributed by atoms with E-state index < -0.39 is 0 Å². The first-order chi connectivity index (χ1) is 16.1. The smallest absolute Gasteiger partial charge is 0.290 e. The lowest BCUT2D eigenvalue weighted by molar-refractivity contribution is -0.115. The molecule has 7 nitrogen and oxygen atoms in total. The number of carbonyl (C=O) groups excluding carboxylic acids is 2. The number of nitrogens with one attached hydrogen (secondary N) is 2. The predicted molar refractivity (Wildman–Crippen MR) is 129 cm³/mol. The Balaban J connectivity index is 1.14. The van der Waals surface area contributed by atoms with Crippen molar-refractivity contribution in [3.05, 3.63) is 70.8 Å². The zero-order valence-electron chi connectivity index (χ0n) is 18.2. The average Bonchev–Trinajstić information content (AvgIpc) is 3.15. The summed E-state index contributed by atoms with van der Waals surface area (Å²) in [7, 11) is 0. The molecule has 3 aromatic rings. The molecule has 168 valence electrons. The van der Waals surface area contributed by atoms with Crippen LogP contribution in [0.1, 0.15) is 42.8 Å². The van der Waals surface area contributed by atoms with E-state index in [4.69, 9.17) is 0 Å². The first-order valence-corrected chi connectivity index (χ1v) is 12.1. The van der Waals surface area contributed by atoms with E-state index in [9.17, 15) is 9.59 Å². The molecule has 5 rings (SSSR count). The van der Waals surface area contributed by atoms with Gasteiger partial charge in [0.1, 0.15) is 5.82 Å². The van der Waals surface area contributed by atoms with Crippen molar-refractivity contribution in [1.82, 2.24) is 25.6 Å². The van der Waals surface area contributed by atoms with Gasteiger partial charge in [0, 0.05) is 36.8 Å². The van der Waals surface area contributed by atoms with Crippen LogP contribution in [0.5, 0.6) is 0 Å². The van der Waals surface area contributed by atoms with Crippen molar-refractivity contribution in [1.29, 1.82) is 0 Å². The molecule has 0 bridgehead atoms. The number of amides is 2. The van der Waals surface area contributed by atoms with Crippen LogP contribution in [0.25, 0.3) is 17.0 Å². The van der Waals surface area contributed by atoms with Gasteiger partial charge in [0.2, 0.25) is 0 Å². The summed E-state index contributed by atoms with van der Waals surface area (Å²) in [6.45, 7) is 0.853. The van der Waals surface area contributed by atoms with Gasteiger partial charge in [0.05, 0.1) is 16.1 Å². The molecule has 1 saturated carbocycles. The molecule has 1 aromatic carbocycles. The fraction of sp³-hybridized carbons (Fsp3) is 0.320. The summed E-state index contributed by atoms with van der Waals surface area (Å²) in [5.41, 5.74) is 2.99. The first-order valence-electron chi connectivity index (χ1n) is 11.3. The van der Waals surface area contributed by atoms with Gasteiger partial charge < -0.3 is 5.32 Å². The molecule has 33 heavy (non-hydrogen) atoms. The van der Waals surface area contributed by atoms with Crippen molar-refractivity contribution < 1.29 is 9.59 Å². The molecule has 2 aromatic heterocycles. The summed E-state index contributed by atoms with van der Waals surface area (Å²) in [5.74, 6) is 0.980. The minimum Gasteiger partial charge on any atom is -0.310 e. The molecule has 8 heteroatoms. The molecule has 0 atom stereocenters. The second-order valence-corrected chi connectivity index (χ2v) is 9.55. The molecule has 3 heterocycles. The van der Waals surface area contributed by atoms with Gasteiger partial charge in [0.25, 0.3) is 11.1 Å². The second kappa shape index (κ2) is 9.80. The zero-order valence-corrected chi connectivity index (χ0v) is 19.0. The highest BCUT2D eigenvalue weighted by Gasteiger charge is 2.25. The zero-order chi connectivity index (χ0) is 22.6. The Morgan fingerprint density at radius 2 is 1.91 bits per heavy atom. The highest BCUT2D eigenvalue weighted by atomic mass is 32.2. The Labute approximate surface area is 196 Å². The SMILES string of the molecule is O=C1NC(=O)/C(=C/c2ccnc(CC3CCC(NCc4cccc5ncccc45)CC3)n2)S1. The number of hydrogen-bond acceptors (Lipinski definition) is 7. The third kappa shape index (κ3) is 5.29. The van der Waals surface area contributed by atoms with Gasteiger partial charge in [-0.3, -0.25) is 19.9 Å². The maximum atomic E-state index is 11.8. The lowest BCUT2D eigenvalue weighted by atomic mass is 9.84. The first kappa shape index (κ1) is 21.7. The number of aromatic nitrogens is 3. The number of pyridine rings is 1. The summed E-state index contributed by atoms with van der Waals surface area (Å²) < 4.78 is 0. The molecule has 0 unspecified atom stereocenters. The second-order valence-electron chi connectivity index (χ2n) is 8.54. The van der Waals surface area contributed by atoms with Crippen LogP contribution in [-0.4, -0.2) is 32.1 Å². The minimum absolute atomic E-state index is 0.344. The molecule has 1 aliphatic heterocycles. The monoisotopic (exact) mass is 459 g/mol. The van der Waals surface area contributed by atoms with Crippen LogP contribution in [0.2, 0.25) is 0 Å². The van der Waals surface area contributed by atoms with Crippen LogP contribution in [-0.2, 0) is 17.8 Å². The summed E-state index contributed by atoms with van der Waals surface area (Å²) in [6.07, 6.45) is 10.6. The minimum atomic E-state index is -0.365. The Morgan fingerprint density at radius 3 is 2.73 bits per heavy atom. The van der Waals surface area contributed by atoms with Crippen LogP contribution < -0.4 is 10.6 Å². The molecular weight excluding hydrogens is 434 g/mol. The van der Waals surface area contributed by atoms with Gasteiger partial charge in [0.15, 0.2) is 0 Å². The summed E-state index contributed by atoms with van der Waals surface area (Å²) in [4.78, 5) is 37.0. The van der Waals surface area contributed by atoms with Crippen LogP contribution in [0.3, 0.4) is 0 Å². The van der Waals surface area contributed by atoms with Gasteiger partial charge in [-0.1, -0.05) is 18.2 Å². The number of carbonyl (C=O) groups is 2. The molecule has 0 spiro atoms. The van der Waals surface area contributed by atoms with Crippen LogP contribution in [0, 0.1) is 5.92 Å². The highest BCUT2D eigenvalue weighted by Crippen LogP contribution is 2.28. The molecule has 2 amide bonds. The summed E-state index contributed by atoms with van der Waals surface area (Å²) in [5, 5.41) is 6.87. The molecule has 2 fully saturated rings. The number of imide groups is 1. The quantitative estimate of drug-likeness (QED) is 0.532. The number of thioether (sulfide) groups is 1. The number of fused-ring (bicyclic) bond motifs is 1. The van der Waals surface area contributed by atoms with Crippen LogP contribution in [0.4, 0.5) is 4.79 Å². The Bertz CT molecular complexity index is 1210. The van der Waals surface area contributed by atoms with Gasteiger partial charge in [-0.25, -0.2) is 9.97 Å². The predicted octanol–water partition coefficient (Wildman–Crippen LogP) is 4.24. The van der Waals surface area contributed by atoms with Gasteiger partial charge in [-0.15, -0.1) is 0 Å². The number of nitrogens with zero attached hydrogens (tertiary/aromatic N) is 3. The van der Waals surface area contributed by atoms with Crippen molar-refractivity contribution in [2.75, 3.05) is 0 Å². The largest absolute Gasteiger partial charge is 0.310 e. The van der Waals surface area contributed by atoms with E-state index in [0.29, 0.717) is 22.6 Å². The van der Waals surface area contributed by atoms with Gasteiger partial charge >= 0.3 is 0 Å². The van der Waals surface area contributed by atoms with E-state index in [1.54, 1.807) is 18.3 Å². The van der Waals surface area contributed by atoms with Crippen LogP contribution >= 0.6 is 11.8 Å². The Kier molecular flexibility index (Phi) is 6.46. The molecular formula is C25H25N5O2S. The van der Waals surface area contributed by atoms with Crippen molar-refractivity contribution in [2.45, 2.75) is 44.7 Å². The van der Waals surface area contributed by atoms with E-state index in [1.807, 2.05) is 12.3 Å². The number of benzene rings is 1. The van der Waals surface area contributed by atoms with Crippen molar-refractivity contribution in [3.63, 3.8) is 0 Å². The summed E-state index contributed by atoms with van der Waals surface area (Å²) >= 11 is 0.904. The van der Waals surface area contributed by atoms with E-state index in [1.165, 1.54) is 10.9 Å². The summed E-state index contributed by atoms with van der Waals surface area (Å²) in [6, 6.07) is 12.7. The van der Waals surface area contributed by atoms with E-state index >= 15 is 0 Å². The third-order valence-electron chi connectivity index (χ3n) is 6.28. The lowest BCUT2D eigenvalue weighted by Gasteiger charge is -2.29. The average molecular weight is 460 g/mol. The van der Waals surface area contributed by atoms with E-state index in [0.717, 1.165) is 61.8 Å². The van der Waals surface area contributed by atoms with Crippen molar-refractivity contribution in [2.24, 2.45) is 5.92 Å². The van der Waals surface area contributed by atoms with E-state index in [-0.39, 0.29) is 11.1 Å². The Hall–Kier alpha value is -3.10. The maximum Gasteiger partial charge on any atom is 0.290 e. The number of rotatable bonds is 6. The standard InChI is InChI=1S/C25H25N5O2S/c31-24-22(33-25(32)30-24)14-19-10-12-27-23(29-19)13-16-6-8-18(9-7-16)28-15-17-3-1-5-21-20(17)4-2-11-26-21/h1-5,10-12,14,16,18,28H,6-9,13,15H2,(H,30,31,32)/b22-14-. The van der Waals surface area contributed by atoms with Gasteiger partial charge in [-0.05, 0) is 73.2 Å². The maximum absolute atomic E-state index is 11.8. The van der Waals surface area contributed by atoms with Gasteiger partial charge in [-0.2, -0.15) is 0 Å². The number of hydrogen-bond donors (Lipinski definition) is 2. The normalized spacial score (nSPS) is 22.1.